The third-order valence-electron chi connectivity index (χ3n) is 5.05. The molecule has 7 heteroatoms. The van der Waals surface area contributed by atoms with Crippen LogP contribution in [0.4, 0.5) is 0 Å². The molecule has 1 saturated heterocycles. The second-order valence-electron chi connectivity index (χ2n) is 6.70. The van der Waals surface area contributed by atoms with Gasteiger partial charge in [-0.3, -0.25) is 4.79 Å². The summed E-state index contributed by atoms with van der Waals surface area (Å²) in [5.41, 5.74) is 0.757. The second-order valence-corrected chi connectivity index (χ2v) is 6.70. The van der Waals surface area contributed by atoms with Gasteiger partial charge in [0.25, 0.3) is 5.91 Å². The summed E-state index contributed by atoms with van der Waals surface area (Å²) >= 11 is 0. The van der Waals surface area contributed by atoms with E-state index in [0.29, 0.717) is 12.5 Å². The molecule has 0 saturated carbocycles. The van der Waals surface area contributed by atoms with Crippen molar-refractivity contribution >= 4 is 5.91 Å². The van der Waals surface area contributed by atoms with Crippen molar-refractivity contribution in [1.82, 2.24) is 29.2 Å². The molecule has 1 amide bonds. The Morgan fingerprint density at radius 3 is 2.62 bits per heavy atom. The Labute approximate surface area is 152 Å². The standard InChI is InChI=1S/C19H22N6O/c1-23-17(13-24-12-9-20-14-24)21-22-18(23)15-7-10-25(11-8-15)19(26)16-5-3-2-4-6-16/h2-6,9,12,14-15H,7-8,10-11,13H2,1H3. The van der Waals surface area contributed by atoms with Crippen LogP contribution in [0.5, 0.6) is 0 Å². The summed E-state index contributed by atoms with van der Waals surface area (Å²) in [7, 11) is 2.02. The molecule has 0 radical (unpaired) electrons. The fraction of sp³-hybridized carbons (Fsp3) is 0.368. The van der Waals surface area contributed by atoms with Gasteiger partial charge in [0, 0.05) is 44.0 Å². The minimum atomic E-state index is 0.114. The van der Waals surface area contributed by atoms with Crippen LogP contribution in [0.15, 0.2) is 49.1 Å². The van der Waals surface area contributed by atoms with Gasteiger partial charge in [0.15, 0.2) is 5.82 Å². The SMILES string of the molecule is Cn1c(Cn2ccnc2)nnc1C1CCN(C(=O)c2ccccc2)CC1. The van der Waals surface area contributed by atoms with Gasteiger partial charge in [0.05, 0.1) is 12.9 Å². The number of amides is 1. The summed E-state index contributed by atoms with van der Waals surface area (Å²) in [5, 5.41) is 8.78. The van der Waals surface area contributed by atoms with E-state index < -0.39 is 0 Å². The lowest BCUT2D eigenvalue weighted by Crippen LogP contribution is -2.38. The van der Waals surface area contributed by atoms with E-state index in [1.165, 1.54) is 0 Å². The van der Waals surface area contributed by atoms with Crippen molar-refractivity contribution < 1.29 is 4.79 Å². The molecule has 0 N–H and O–H groups in total. The topological polar surface area (TPSA) is 68.8 Å². The lowest BCUT2D eigenvalue weighted by Gasteiger charge is -2.31. The van der Waals surface area contributed by atoms with Crippen molar-refractivity contribution in [2.24, 2.45) is 7.05 Å². The van der Waals surface area contributed by atoms with Crippen LogP contribution in [-0.4, -0.2) is 48.2 Å². The van der Waals surface area contributed by atoms with Crippen molar-refractivity contribution in [1.29, 1.82) is 0 Å². The van der Waals surface area contributed by atoms with Gasteiger partial charge in [0.1, 0.15) is 5.82 Å². The molecule has 2 aromatic heterocycles. The number of aromatic nitrogens is 5. The molecule has 3 heterocycles. The Bertz CT molecular complexity index is 863. The largest absolute Gasteiger partial charge is 0.339 e. The van der Waals surface area contributed by atoms with E-state index in [1.54, 1.807) is 12.5 Å². The second kappa shape index (κ2) is 7.11. The smallest absolute Gasteiger partial charge is 0.253 e. The first-order valence-corrected chi connectivity index (χ1v) is 8.90. The number of carbonyl (C=O) groups is 1. The molecule has 0 atom stereocenters. The van der Waals surface area contributed by atoms with Gasteiger partial charge in [-0.25, -0.2) is 4.98 Å². The fourth-order valence-corrected chi connectivity index (χ4v) is 3.52. The maximum absolute atomic E-state index is 12.6. The zero-order valence-corrected chi connectivity index (χ0v) is 14.8. The van der Waals surface area contributed by atoms with E-state index in [2.05, 4.69) is 19.7 Å². The maximum atomic E-state index is 12.6. The molecule has 1 aliphatic rings. The van der Waals surface area contributed by atoms with Crippen LogP contribution in [-0.2, 0) is 13.6 Å². The number of hydrogen-bond acceptors (Lipinski definition) is 4. The van der Waals surface area contributed by atoms with Crippen molar-refractivity contribution in [3.05, 3.63) is 66.3 Å². The van der Waals surface area contributed by atoms with Crippen LogP contribution >= 0.6 is 0 Å². The van der Waals surface area contributed by atoms with Crippen LogP contribution in [0, 0.1) is 0 Å². The van der Waals surface area contributed by atoms with E-state index in [9.17, 15) is 4.79 Å². The monoisotopic (exact) mass is 350 g/mol. The number of nitrogens with zero attached hydrogens (tertiary/aromatic N) is 6. The zero-order chi connectivity index (χ0) is 17.9. The van der Waals surface area contributed by atoms with Gasteiger partial charge in [-0.05, 0) is 25.0 Å². The van der Waals surface area contributed by atoms with Crippen molar-refractivity contribution in [3.63, 3.8) is 0 Å². The third-order valence-corrected chi connectivity index (χ3v) is 5.05. The highest BCUT2D eigenvalue weighted by Crippen LogP contribution is 2.27. The molecule has 26 heavy (non-hydrogen) atoms. The molecule has 0 bridgehead atoms. The highest BCUT2D eigenvalue weighted by molar-refractivity contribution is 5.94. The minimum Gasteiger partial charge on any atom is -0.339 e. The average molecular weight is 350 g/mol. The summed E-state index contributed by atoms with van der Waals surface area (Å²) in [6.45, 7) is 2.17. The number of hydrogen-bond donors (Lipinski definition) is 0. The molecule has 0 aliphatic carbocycles. The Balaban J connectivity index is 1.40. The molecule has 1 fully saturated rings. The first-order chi connectivity index (χ1) is 12.7. The Hall–Kier alpha value is -2.96. The van der Waals surface area contributed by atoms with Gasteiger partial charge < -0.3 is 14.0 Å². The lowest BCUT2D eigenvalue weighted by molar-refractivity contribution is 0.0710. The molecule has 3 aromatic rings. The number of piperidine rings is 1. The van der Waals surface area contributed by atoms with E-state index >= 15 is 0 Å². The van der Waals surface area contributed by atoms with Gasteiger partial charge >= 0.3 is 0 Å². The quantitative estimate of drug-likeness (QED) is 0.722. The zero-order valence-electron chi connectivity index (χ0n) is 14.8. The van der Waals surface area contributed by atoms with Gasteiger partial charge in [-0.2, -0.15) is 0 Å². The number of benzene rings is 1. The normalized spacial score (nSPS) is 15.3. The molecule has 0 unspecified atom stereocenters. The van der Waals surface area contributed by atoms with E-state index in [-0.39, 0.29) is 5.91 Å². The Morgan fingerprint density at radius 2 is 1.92 bits per heavy atom. The van der Waals surface area contributed by atoms with Crippen LogP contribution in [0.3, 0.4) is 0 Å². The first-order valence-electron chi connectivity index (χ1n) is 8.90. The third kappa shape index (κ3) is 3.24. The average Bonchev–Trinajstić information content (AvgIpc) is 3.33. The summed E-state index contributed by atoms with van der Waals surface area (Å²) in [4.78, 5) is 18.6. The highest BCUT2D eigenvalue weighted by atomic mass is 16.2. The van der Waals surface area contributed by atoms with E-state index in [4.69, 9.17) is 0 Å². The summed E-state index contributed by atoms with van der Waals surface area (Å²) < 4.78 is 4.06. The highest BCUT2D eigenvalue weighted by Gasteiger charge is 2.27. The molecule has 0 spiro atoms. The summed E-state index contributed by atoms with van der Waals surface area (Å²) in [6, 6.07) is 9.49. The van der Waals surface area contributed by atoms with E-state index in [1.807, 2.05) is 53.0 Å². The number of carbonyl (C=O) groups excluding carboxylic acids is 1. The summed E-state index contributed by atoms with van der Waals surface area (Å²) in [6.07, 6.45) is 7.28. The lowest BCUT2D eigenvalue weighted by atomic mass is 9.95. The number of likely N-dealkylation sites (tertiary alicyclic amines) is 1. The number of imidazole rings is 1. The molecule has 1 aliphatic heterocycles. The van der Waals surface area contributed by atoms with Gasteiger partial charge in [-0.1, -0.05) is 18.2 Å². The molecule has 7 nitrogen and oxygen atoms in total. The molecule has 134 valence electrons. The van der Waals surface area contributed by atoms with Crippen LogP contribution in [0.2, 0.25) is 0 Å². The van der Waals surface area contributed by atoms with Crippen LogP contribution in [0.1, 0.15) is 40.8 Å². The first kappa shape index (κ1) is 16.5. The summed E-state index contributed by atoms with van der Waals surface area (Å²) in [5.74, 6) is 2.37. The van der Waals surface area contributed by atoms with Crippen molar-refractivity contribution in [2.75, 3.05) is 13.1 Å². The number of rotatable bonds is 4. The molecule has 1 aromatic carbocycles. The maximum Gasteiger partial charge on any atom is 0.253 e. The van der Waals surface area contributed by atoms with Crippen LogP contribution < -0.4 is 0 Å². The fourth-order valence-electron chi connectivity index (χ4n) is 3.52. The molecular formula is C19H22N6O. The van der Waals surface area contributed by atoms with E-state index in [0.717, 1.165) is 43.1 Å². The predicted octanol–water partition coefficient (Wildman–Crippen LogP) is 2.08. The van der Waals surface area contributed by atoms with Crippen molar-refractivity contribution in [3.8, 4) is 0 Å². The van der Waals surface area contributed by atoms with Gasteiger partial charge in [0.2, 0.25) is 0 Å². The Morgan fingerprint density at radius 1 is 1.15 bits per heavy atom. The molecular weight excluding hydrogens is 328 g/mol. The minimum absolute atomic E-state index is 0.114. The van der Waals surface area contributed by atoms with Crippen molar-refractivity contribution in [2.45, 2.75) is 25.3 Å². The molecule has 4 rings (SSSR count). The Kier molecular flexibility index (Phi) is 4.51. The van der Waals surface area contributed by atoms with Crippen LogP contribution in [0.25, 0.3) is 0 Å². The predicted molar refractivity (Wildman–Crippen MR) is 96.7 cm³/mol. The van der Waals surface area contributed by atoms with Gasteiger partial charge in [-0.15, -0.1) is 10.2 Å².